The van der Waals surface area contributed by atoms with Crippen LogP contribution in [0, 0.1) is 10.8 Å². The number of esters is 3. The number of carbonyl (C=O) groups is 6. The first-order valence-corrected chi connectivity index (χ1v) is 28.2. The van der Waals surface area contributed by atoms with E-state index in [1.165, 1.54) is 48.5 Å². The number of carboxylic acids is 1. The van der Waals surface area contributed by atoms with Crippen LogP contribution in [-0.2, 0) is 38.0 Å². The van der Waals surface area contributed by atoms with E-state index in [4.69, 9.17) is 43.0 Å². The molecular formula is C66H80O20. The molecule has 6 unspecified atom stereocenters. The molecule has 20 nitrogen and oxygen atoms in total. The van der Waals surface area contributed by atoms with Crippen LogP contribution < -0.4 is 9.47 Å². The van der Waals surface area contributed by atoms with E-state index < -0.39 is 65.0 Å². The second-order valence-corrected chi connectivity index (χ2v) is 23.8. The van der Waals surface area contributed by atoms with Crippen molar-refractivity contribution in [2.75, 3.05) is 26.4 Å². The van der Waals surface area contributed by atoms with Gasteiger partial charge in [-0.15, -0.1) is 0 Å². The minimum Gasteiger partial charge on any atom is -0.508 e. The zero-order valence-electron chi connectivity index (χ0n) is 50.8. The zero-order chi connectivity index (χ0) is 63.9. The van der Waals surface area contributed by atoms with Gasteiger partial charge in [-0.25, -0.2) is 19.2 Å². The average molecular weight is 1190 g/mol. The highest BCUT2D eigenvalue weighted by molar-refractivity contribution is 5.99. The van der Waals surface area contributed by atoms with Crippen LogP contribution in [0.15, 0.2) is 109 Å². The van der Waals surface area contributed by atoms with Crippen molar-refractivity contribution in [1.29, 1.82) is 0 Å². The molecule has 1 heterocycles. The standard InChI is InChI=1S/C33H40O10.C22H32O6.C11H8O4/c1-7-33(6,17-20(2)21-9-12-26(13-10-21)42-31(39)43-32(3,4)5)30(38)41-19-25(35)18-40-29(37)27-15-23-14-24(34)11-8-22(23)16-28(27)36;1-7-22(6,19(23)26-14-18-13-25-18)12-15(2)16-8-10-17(11-9-16)27-20(24)28-21(3,4)5;12-8-2-1-6-5-10(13)9(11(14)15)4-7(6)3-8/h8-16,20,25,34-36H,7,17-19H2,1-6H3;8-11,15,18H,7,12-14H2,1-6H3;1-5,12-13H,(H,14,15). The number of hydrogen-bond donors (Lipinski definition) is 6. The molecule has 86 heavy (non-hydrogen) atoms. The lowest BCUT2D eigenvalue weighted by atomic mass is 9.77. The summed E-state index contributed by atoms with van der Waals surface area (Å²) in [6.07, 6.45) is -0.430. The first kappa shape index (κ1) is 68.2. The maximum Gasteiger partial charge on any atom is 0.514 e. The first-order valence-electron chi connectivity index (χ1n) is 28.2. The van der Waals surface area contributed by atoms with Crippen molar-refractivity contribution in [3.8, 4) is 34.5 Å². The van der Waals surface area contributed by atoms with Gasteiger partial charge in [0, 0.05) is 0 Å². The van der Waals surface area contributed by atoms with Gasteiger partial charge in [0.2, 0.25) is 0 Å². The maximum atomic E-state index is 13.0. The summed E-state index contributed by atoms with van der Waals surface area (Å²) in [5, 5.41) is 60.0. The Morgan fingerprint density at radius 2 is 0.930 bits per heavy atom. The quantitative estimate of drug-likeness (QED) is 0.0179. The molecule has 0 bridgehead atoms. The fourth-order valence-electron chi connectivity index (χ4n) is 8.83. The Bertz CT molecular complexity index is 3320. The normalized spacial score (nSPS) is 15.2. The highest BCUT2D eigenvalue weighted by Crippen LogP contribution is 2.39. The van der Waals surface area contributed by atoms with Gasteiger partial charge in [-0.05, 0) is 198 Å². The van der Waals surface area contributed by atoms with E-state index >= 15 is 0 Å². The van der Waals surface area contributed by atoms with Crippen LogP contribution in [0.4, 0.5) is 9.59 Å². The molecule has 1 aliphatic rings. The zero-order valence-corrected chi connectivity index (χ0v) is 50.8. The molecule has 6 N–H and O–H groups in total. The van der Waals surface area contributed by atoms with Crippen LogP contribution in [0.3, 0.4) is 0 Å². The monoisotopic (exact) mass is 1190 g/mol. The van der Waals surface area contributed by atoms with Crippen LogP contribution >= 0.6 is 0 Å². The smallest absolute Gasteiger partial charge is 0.508 e. The average Bonchev–Trinajstić information content (AvgIpc) is 2.55. The molecule has 6 aromatic carbocycles. The van der Waals surface area contributed by atoms with Gasteiger partial charge in [0.25, 0.3) is 0 Å². The molecule has 0 saturated carbocycles. The number of carboxylic acid groups (broad SMARTS) is 1. The number of benzene rings is 6. The van der Waals surface area contributed by atoms with Crippen LogP contribution in [0.5, 0.6) is 34.5 Å². The van der Waals surface area contributed by atoms with E-state index in [0.29, 0.717) is 71.9 Å². The minimum atomic E-state index is -1.28. The number of hydrogen-bond acceptors (Lipinski definition) is 19. The number of phenols is 4. The lowest BCUT2D eigenvalue weighted by molar-refractivity contribution is -0.159. The molecule has 464 valence electrons. The molecule has 0 aliphatic carbocycles. The van der Waals surface area contributed by atoms with Crippen molar-refractivity contribution >= 4 is 57.7 Å². The highest BCUT2D eigenvalue weighted by Gasteiger charge is 2.38. The predicted molar refractivity (Wildman–Crippen MR) is 319 cm³/mol. The van der Waals surface area contributed by atoms with Crippen LogP contribution in [0.2, 0.25) is 0 Å². The van der Waals surface area contributed by atoms with Crippen molar-refractivity contribution < 1.29 is 97.3 Å². The second kappa shape index (κ2) is 29.5. The van der Waals surface area contributed by atoms with Gasteiger partial charge in [-0.3, -0.25) is 9.59 Å². The van der Waals surface area contributed by atoms with E-state index in [9.17, 15) is 54.3 Å². The number of aromatic hydroxyl groups is 4. The molecule has 6 aromatic rings. The molecule has 0 radical (unpaired) electrons. The Hall–Kier alpha value is -8.62. The number of carbonyl (C=O) groups excluding carboxylic acids is 5. The van der Waals surface area contributed by atoms with E-state index in [-0.39, 0.29) is 64.6 Å². The van der Waals surface area contributed by atoms with Crippen molar-refractivity contribution in [2.24, 2.45) is 10.8 Å². The Morgan fingerprint density at radius 1 is 0.535 bits per heavy atom. The largest absolute Gasteiger partial charge is 0.514 e. The minimum absolute atomic E-state index is 0.00557. The van der Waals surface area contributed by atoms with Crippen LogP contribution in [0.1, 0.15) is 152 Å². The molecule has 0 aromatic heterocycles. The number of ether oxygens (including phenoxy) is 8. The number of aliphatic hydroxyl groups excluding tert-OH is 1. The third-order valence-electron chi connectivity index (χ3n) is 14.1. The number of epoxide rings is 1. The molecular weight excluding hydrogens is 1110 g/mol. The van der Waals surface area contributed by atoms with Gasteiger partial charge in [0.15, 0.2) is 0 Å². The van der Waals surface area contributed by atoms with Gasteiger partial charge < -0.3 is 68.5 Å². The van der Waals surface area contributed by atoms with Crippen molar-refractivity contribution in [3.05, 3.63) is 131 Å². The number of fused-ring (bicyclic) bond motifs is 2. The van der Waals surface area contributed by atoms with Gasteiger partial charge in [-0.2, -0.15) is 0 Å². The lowest BCUT2D eigenvalue weighted by Gasteiger charge is -2.29. The fraction of sp³-hybridized carbons (Fsp3) is 0.424. The maximum absolute atomic E-state index is 13.0. The summed E-state index contributed by atoms with van der Waals surface area (Å²) in [7, 11) is 0. The molecule has 1 saturated heterocycles. The van der Waals surface area contributed by atoms with Crippen LogP contribution in [-0.4, -0.2) is 117 Å². The summed E-state index contributed by atoms with van der Waals surface area (Å²) < 4.78 is 41.8. The fourth-order valence-corrected chi connectivity index (χ4v) is 8.83. The van der Waals surface area contributed by atoms with Gasteiger partial charge in [0.1, 0.15) is 88.9 Å². The second-order valence-electron chi connectivity index (χ2n) is 23.8. The Labute approximate surface area is 500 Å². The van der Waals surface area contributed by atoms with Crippen molar-refractivity contribution in [3.63, 3.8) is 0 Å². The van der Waals surface area contributed by atoms with E-state index in [2.05, 4.69) is 6.92 Å². The summed E-state index contributed by atoms with van der Waals surface area (Å²) in [6.45, 7) is 22.4. The van der Waals surface area contributed by atoms with Crippen molar-refractivity contribution in [1.82, 2.24) is 0 Å². The summed E-state index contributed by atoms with van der Waals surface area (Å²) in [6, 6.07) is 28.7. The number of aromatic carboxylic acids is 1. The third kappa shape index (κ3) is 20.9. The summed E-state index contributed by atoms with van der Waals surface area (Å²) in [5.41, 5.74) is -0.982. The summed E-state index contributed by atoms with van der Waals surface area (Å²) >= 11 is 0. The van der Waals surface area contributed by atoms with Crippen LogP contribution in [0.25, 0.3) is 21.5 Å². The Kier molecular flexibility index (Phi) is 23.3. The Morgan fingerprint density at radius 3 is 1.33 bits per heavy atom. The number of phenolic OH excluding ortho intramolecular Hbond substituents is 3. The molecule has 0 amide bonds. The van der Waals surface area contributed by atoms with E-state index in [1.54, 1.807) is 84.9 Å². The number of aliphatic hydroxyl groups is 1. The van der Waals surface area contributed by atoms with Gasteiger partial charge in [-0.1, -0.05) is 64.1 Å². The molecule has 7 rings (SSSR count). The molecule has 1 fully saturated rings. The van der Waals surface area contributed by atoms with Gasteiger partial charge in [0.05, 0.1) is 17.4 Å². The van der Waals surface area contributed by atoms with E-state index in [1.807, 2.05) is 52.0 Å². The first-order chi connectivity index (χ1) is 40.2. The Balaban J connectivity index is 0.000000266. The van der Waals surface area contributed by atoms with Crippen molar-refractivity contribution in [2.45, 2.75) is 144 Å². The molecule has 1 aliphatic heterocycles. The molecule has 20 heteroatoms. The topological polar surface area (TPSA) is 301 Å². The predicted octanol–water partition coefficient (Wildman–Crippen LogP) is 13.0. The number of rotatable bonds is 20. The summed E-state index contributed by atoms with van der Waals surface area (Å²) in [5.74, 6) is -2.40. The van der Waals surface area contributed by atoms with Gasteiger partial charge >= 0.3 is 36.2 Å². The molecule has 0 spiro atoms. The highest BCUT2D eigenvalue weighted by atomic mass is 16.7. The lowest BCUT2D eigenvalue weighted by Crippen LogP contribution is -2.34. The SMILES string of the molecule is CCC(C)(CC(C)c1ccc(OC(=O)OC(C)(C)C)cc1)C(=O)OCC(O)COC(=O)c1cc2cc(O)ccc2cc1O.CCC(C)(CC(C)c1ccc(OC(=O)OC(C)(C)C)cc1)C(=O)OCC1CO1.O=C(O)c1cc2cc(O)ccc2cc1O. The summed E-state index contributed by atoms with van der Waals surface area (Å²) in [4.78, 5) is 72.5. The van der Waals surface area contributed by atoms with E-state index in [0.717, 1.165) is 11.1 Å². The molecule has 6 atom stereocenters. The third-order valence-corrected chi connectivity index (χ3v) is 14.1.